The smallest absolute Gasteiger partial charge is 0.260 e. The molecule has 3 heterocycles. The van der Waals surface area contributed by atoms with Crippen LogP contribution in [0, 0.1) is 23.2 Å². The van der Waals surface area contributed by atoms with Crippen LogP contribution in [0.4, 0.5) is 5.82 Å². The first kappa shape index (κ1) is 21.1. The molecule has 0 radical (unpaired) electrons. The molecule has 1 aromatic heterocycles. The number of hydrogen-bond acceptors (Lipinski definition) is 6. The number of fused-ring (bicyclic) bond motifs is 3. The van der Waals surface area contributed by atoms with Gasteiger partial charge >= 0.3 is 0 Å². The fraction of sp³-hybridized carbons (Fsp3) is 0.556. The number of anilines is 1. The quantitative estimate of drug-likeness (QED) is 0.721. The van der Waals surface area contributed by atoms with E-state index in [1.165, 1.54) is 44.9 Å². The third-order valence-corrected chi connectivity index (χ3v) is 8.98. The molecule has 1 aromatic carbocycles. The monoisotopic (exact) mass is 474 g/mol. The largest absolute Gasteiger partial charge is 0.497 e. The molecule has 6 aliphatic rings. The van der Waals surface area contributed by atoms with Crippen LogP contribution in [0.3, 0.4) is 0 Å². The average Bonchev–Trinajstić information content (AvgIpc) is 2.82. The summed E-state index contributed by atoms with van der Waals surface area (Å²) >= 11 is 0. The number of methoxy groups -OCH3 is 1. The lowest BCUT2D eigenvalue weighted by atomic mass is 9.49. The Morgan fingerprint density at radius 3 is 2.63 bits per heavy atom. The third kappa shape index (κ3) is 3.48. The van der Waals surface area contributed by atoms with Gasteiger partial charge in [0.05, 0.1) is 24.9 Å². The van der Waals surface area contributed by atoms with Gasteiger partial charge in [0.25, 0.3) is 5.91 Å². The number of ether oxygens (including phenoxy) is 2. The molecule has 4 saturated carbocycles. The van der Waals surface area contributed by atoms with Crippen LogP contribution in [0.5, 0.6) is 11.5 Å². The highest BCUT2D eigenvalue weighted by atomic mass is 16.5. The Morgan fingerprint density at radius 1 is 1.17 bits per heavy atom. The van der Waals surface area contributed by atoms with Crippen molar-refractivity contribution in [2.24, 2.45) is 23.2 Å². The Labute approximate surface area is 204 Å². The van der Waals surface area contributed by atoms with E-state index in [4.69, 9.17) is 9.47 Å². The SMILES string of the molecule is COc1ccc2c(c1)OC1Cc3c(ncnc3NC(=O)CC34CC5CC(CC(C5)C3)C4)CN1C2=O. The standard InChI is InChI=1S/C27H30N4O4/c1-34-18-2-3-19-22(7-18)35-24-8-20-21(13-31(24)26(19)33)28-14-29-25(20)30-23(32)12-27-9-15-4-16(10-27)6-17(5-15)11-27/h2-3,7,14-17,24H,4-6,8-13H2,1H3,(H,28,29,30,32). The summed E-state index contributed by atoms with van der Waals surface area (Å²) in [5, 5.41) is 3.12. The van der Waals surface area contributed by atoms with Crippen LogP contribution < -0.4 is 14.8 Å². The second-order valence-corrected chi connectivity index (χ2v) is 11.4. The van der Waals surface area contributed by atoms with Crippen molar-refractivity contribution in [3.05, 3.63) is 41.3 Å². The first-order chi connectivity index (χ1) is 17.0. The van der Waals surface area contributed by atoms with Crippen LogP contribution in [-0.2, 0) is 17.8 Å². The molecule has 1 atom stereocenters. The summed E-state index contributed by atoms with van der Waals surface area (Å²) in [5.74, 6) is 4.11. The van der Waals surface area contributed by atoms with Gasteiger partial charge in [-0.05, 0) is 73.8 Å². The first-order valence-electron chi connectivity index (χ1n) is 12.8. The molecule has 2 amide bonds. The van der Waals surface area contributed by atoms with Gasteiger partial charge < -0.3 is 14.8 Å². The van der Waals surface area contributed by atoms with E-state index in [0.29, 0.717) is 42.3 Å². The van der Waals surface area contributed by atoms with Crippen LogP contribution in [0.25, 0.3) is 0 Å². The maximum absolute atomic E-state index is 13.3. The molecule has 1 N–H and O–H groups in total. The fourth-order valence-corrected chi connectivity index (χ4v) is 7.99. The Kier molecular flexibility index (Phi) is 4.63. The topological polar surface area (TPSA) is 93.7 Å². The summed E-state index contributed by atoms with van der Waals surface area (Å²) in [6.45, 7) is 0.324. The molecule has 4 aliphatic carbocycles. The van der Waals surface area contributed by atoms with E-state index in [9.17, 15) is 9.59 Å². The Hall–Kier alpha value is -3.16. The molecule has 1 unspecified atom stereocenters. The molecule has 8 heteroatoms. The van der Waals surface area contributed by atoms with Gasteiger partial charge in [-0.15, -0.1) is 0 Å². The first-order valence-corrected chi connectivity index (χ1v) is 12.8. The number of benzene rings is 1. The summed E-state index contributed by atoms with van der Waals surface area (Å²) in [6, 6.07) is 5.24. The van der Waals surface area contributed by atoms with Crippen molar-refractivity contribution < 1.29 is 19.1 Å². The van der Waals surface area contributed by atoms with Crippen LogP contribution in [0.1, 0.15) is 66.6 Å². The van der Waals surface area contributed by atoms with E-state index in [0.717, 1.165) is 29.0 Å². The van der Waals surface area contributed by atoms with E-state index in [1.54, 1.807) is 30.2 Å². The van der Waals surface area contributed by atoms with E-state index >= 15 is 0 Å². The molecule has 2 aromatic rings. The Balaban J connectivity index is 1.11. The molecular formula is C27H30N4O4. The zero-order valence-corrected chi connectivity index (χ0v) is 20.0. The molecule has 0 saturated heterocycles. The molecule has 2 aliphatic heterocycles. The highest BCUT2D eigenvalue weighted by molar-refractivity contribution is 5.98. The molecule has 8 nitrogen and oxygen atoms in total. The molecule has 182 valence electrons. The molecule has 35 heavy (non-hydrogen) atoms. The van der Waals surface area contributed by atoms with Crippen molar-refractivity contribution in [1.29, 1.82) is 0 Å². The van der Waals surface area contributed by atoms with Crippen LogP contribution in [-0.4, -0.2) is 40.0 Å². The van der Waals surface area contributed by atoms with Gasteiger partial charge in [0.2, 0.25) is 5.91 Å². The van der Waals surface area contributed by atoms with E-state index in [-0.39, 0.29) is 17.2 Å². The lowest BCUT2D eigenvalue weighted by molar-refractivity contribution is -0.124. The summed E-state index contributed by atoms with van der Waals surface area (Å²) in [4.78, 5) is 37.0. The Bertz CT molecular complexity index is 1190. The maximum atomic E-state index is 13.3. The van der Waals surface area contributed by atoms with Crippen molar-refractivity contribution in [1.82, 2.24) is 14.9 Å². The van der Waals surface area contributed by atoms with E-state index < -0.39 is 6.23 Å². The van der Waals surface area contributed by atoms with Gasteiger partial charge in [-0.2, -0.15) is 0 Å². The number of carbonyl (C=O) groups excluding carboxylic acids is 2. The zero-order chi connectivity index (χ0) is 23.7. The molecular weight excluding hydrogens is 444 g/mol. The number of hydrogen-bond donors (Lipinski definition) is 1. The lowest BCUT2D eigenvalue weighted by Crippen LogP contribution is -2.51. The highest BCUT2D eigenvalue weighted by Gasteiger charge is 2.51. The van der Waals surface area contributed by atoms with Crippen molar-refractivity contribution in [2.75, 3.05) is 12.4 Å². The summed E-state index contributed by atoms with van der Waals surface area (Å²) in [7, 11) is 1.59. The number of carbonyl (C=O) groups is 2. The van der Waals surface area contributed by atoms with Gasteiger partial charge in [0.1, 0.15) is 23.6 Å². The van der Waals surface area contributed by atoms with Gasteiger partial charge in [-0.25, -0.2) is 9.97 Å². The number of aromatic nitrogens is 2. The lowest BCUT2D eigenvalue weighted by Gasteiger charge is -2.56. The third-order valence-electron chi connectivity index (χ3n) is 8.98. The minimum Gasteiger partial charge on any atom is -0.497 e. The summed E-state index contributed by atoms with van der Waals surface area (Å²) in [5.41, 5.74) is 2.30. The summed E-state index contributed by atoms with van der Waals surface area (Å²) in [6.07, 6.45) is 9.70. The molecule has 4 bridgehead atoms. The zero-order valence-electron chi connectivity index (χ0n) is 20.0. The minimum atomic E-state index is -0.473. The number of nitrogens with one attached hydrogen (secondary N) is 1. The molecule has 8 rings (SSSR count). The van der Waals surface area contributed by atoms with Gasteiger partial charge in [0, 0.05) is 24.5 Å². The predicted octanol–water partition coefficient (Wildman–Crippen LogP) is 3.95. The highest BCUT2D eigenvalue weighted by Crippen LogP contribution is 2.61. The van der Waals surface area contributed by atoms with Crippen molar-refractivity contribution in [3.8, 4) is 11.5 Å². The normalized spacial score (nSPS) is 31.8. The van der Waals surface area contributed by atoms with E-state index in [1.807, 2.05) is 0 Å². The van der Waals surface area contributed by atoms with Gasteiger partial charge in [-0.1, -0.05) is 0 Å². The molecule has 0 spiro atoms. The average molecular weight is 475 g/mol. The van der Waals surface area contributed by atoms with Crippen molar-refractivity contribution in [2.45, 2.75) is 64.1 Å². The molecule has 4 fully saturated rings. The maximum Gasteiger partial charge on any atom is 0.260 e. The number of nitrogens with zero attached hydrogens (tertiary/aromatic N) is 3. The minimum absolute atomic E-state index is 0.0472. The van der Waals surface area contributed by atoms with Gasteiger partial charge in [-0.3, -0.25) is 14.5 Å². The van der Waals surface area contributed by atoms with Crippen LogP contribution in [0.2, 0.25) is 0 Å². The summed E-state index contributed by atoms with van der Waals surface area (Å²) < 4.78 is 11.5. The van der Waals surface area contributed by atoms with E-state index in [2.05, 4.69) is 15.3 Å². The predicted molar refractivity (Wildman–Crippen MR) is 127 cm³/mol. The van der Waals surface area contributed by atoms with Crippen molar-refractivity contribution in [3.63, 3.8) is 0 Å². The van der Waals surface area contributed by atoms with Gasteiger partial charge in [0.15, 0.2) is 6.23 Å². The second kappa shape index (κ2) is 7.67. The van der Waals surface area contributed by atoms with Crippen molar-refractivity contribution >= 4 is 17.6 Å². The fourth-order valence-electron chi connectivity index (χ4n) is 7.99. The number of rotatable bonds is 4. The number of amides is 2. The second-order valence-electron chi connectivity index (χ2n) is 11.4. The Morgan fingerprint density at radius 2 is 1.91 bits per heavy atom. The van der Waals surface area contributed by atoms with Crippen LogP contribution in [0.15, 0.2) is 24.5 Å². The van der Waals surface area contributed by atoms with Crippen LogP contribution >= 0.6 is 0 Å².